The molecule has 0 spiro atoms. The maximum atomic E-state index is 13.7. The Bertz CT molecular complexity index is 1390. The second kappa shape index (κ2) is 12.0. The van der Waals surface area contributed by atoms with E-state index >= 15 is 0 Å². The molecule has 0 bridgehead atoms. The van der Waals surface area contributed by atoms with Gasteiger partial charge in [0.15, 0.2) is 5.78 Å². The third-order valence-corrected chi connectivity index (χ3v) is 6.61. The lowest BCUT2D eigenvalue weighted by atomic mass is 9.98. The number of nitrogens with zero attached hydrogens (tertiary/aromatic N) is 1. The van der Waals surface area contributed by atoms with Gasteiger partial charge >= 0.3 is 6.09 Å². The average molecular weight is 545 g/mol. The first-order valence-electron chi connectivity index (χ1n) is 12.6. The predicted octanol–water partition coefficient (Wildman–Crippen LogP) is 5.44. The van der Waals surface area contributed by atoms with Crippen LogP contribution in [0, 0.1) is 0 Å². The zero-order valence-corrected chi connectivity index (χ0v) is 23.4. The van der Waals surface area contributed by atoms with Crippen molar-refractivity contribution in [3.8, 4) is 5.75 Å². The number of benzene rings is 2. The molecule has 2 aromatic carbocycles. The van der Waals surface area contributed by atoms with Gasteiger partial charge in [0.1, 0.15) is 22.7 Å². The maximum Gasteiger partial charge on any atom is 0.428 e. The predicted molar refractivity (Wildman–Crippen MR) is 147 cm³/mol. The van der Waals surface area contributed by atoms with Crippen molar-refractivity contribution >= 4 is 38.6 Å². The summed E-state index contributed by atoms with van der Waals surface area (Å²) in [6.07, 6.45) is 2.83. The fourth-order valence-electron chi connectivity index (χ4n) is 3.88. The number of carbonyl (C=O) groups is 2. The number of aryl methyl sites for hydroxylation is 1. The van der Waals surface area contributed by atoms with Crippen LogP contribution in [0.2, 0.25) is 0 Å². The first-order valence-corrected chi connectivity index (χ1v) is 14.5. The fourth-order valence-corrected chi connectivity index (χ4v) is 4.69. The first kappa shape index (κ1) is 29.2. The molecule has 38 heavy (non-hydrogen) atoms. The summed E-state index contributed by atoms with van der Waals surface area (Å²) >= 11 is 0. The number of hydrogen-bond acceptors (Lipinski definition) is 8. The standard InChI is InChI=1S/C28H36N2O7S/c1-6-7-9-24-25(26(31)19-10-13-21(14-11-19)35-17-8-16-29)22-18-20(12-15-23(22)36-24)30(38(5,33)34)27(32)37-28(2,3)4/h10-15,18H,6-9,16-17,29H2,1-5H3. The zero-order chi connectivity index (χ0) is 28.1. The molecule has 1 amide bonds. The van der Waals surface area contributed by atoms with E-state index < -0.39 is 21.7 Å². The highest BCUT2D eigenvalue weighted by atomic mass is 32.2. The van der Waals surface area contributed by atoms with E-state index in [1.54, 1.807) is 51.1 Å². The van der Waals surface area contributed by atoms with E-state index in [0.717, 1.165) is 25.5 Å². The molecule has 0 fully saturated rings. The van der Waals surface area contributed by atoms with Crippen molar-refractivity contribution in [1.29, 1.82) is 0 Å². The van der Waals surface area contributed by atoms with Gasteiger partial charge in [-0.2, -0.15) is 4.31 Å². The van der Waals surface area contributed by atoms with Gasteiger partial charge in [-0.3, -0.25) is 4.79 Å². The highest BCUT2D eigenvalue weighted by Gasteiger charge is 2.32. The number of ether oxygens (including phenoxy) is 2. The van der Waals surface area contributed by atoms with Crippen LogP contribution in [-0.2, 0) is 21.2 Å². The molecular weight excluding hydrogens is 508 g/mol. The summed E-state index contributed by atoms with van der Waals surface area (Å²) < 4.78 is 42.9. The van der Waals surface area contributed by atoms with E-state index in [0.29, 0.717) is 57.5 Å². The molecule has 2 N–H and O–H groups in total. The van der Waals surface area contributed by atoms with Gasteiger partial charge in [-0.05, 0) is 82.6 Å². The number of fused-ring (bicyclic) bond motifs is 1. The van der Waals surface area contributed by atoms with E-state index in [1.807, 2.05) is 6.92 Å². The first-order chi connectivity index (χ1) is 17.9. The summed E-state index contributed by atoms with van der Waals surface area (Å²) in [5.41, 5.74) is 5.83. The van der Waals surface area contributed by atoms with Gasteiger partial charge in [0.05, 0.1) is 24.1 Å². The molecule has 0 aliphatic heterocycles. The molecule has 10 heteroatoms. The monoisotopic (exact) mass is 544 g/mol. The van der Waals surface area contributed by atoms with Crippen LogP contribution in [0.4, 0.5) is 10.5 Å². The topological polar surface area (TPSA) is 129 Å². The van der Waals surface area contributed by atoms with Gasteiger partial charge in [-0.25, -0.2) is 13.2 Å². The smallest absolute Gasteiger partial charge is 0.428 e. The van der Waals surface area contributed by atoms with Crippen LogP contribution in [0.5, 0.6) is 5.75 Å². The Kier molecular flexibility index (Phi) is 9.22. The minimum absolute atomic E-state index is 0.0507. The van der Waals surface area contributed by atoms with Crippen molar-refractivity contribution in [2.75, 3.05) is 23.7 Å². The second-order valence-corrected chi connectivity index (χ2v) is 11.9. The number of sulfonamides is 1. The van der Waals surface area contributed by atoms with Crippen LogP contribution in [0.15, 0.2) is 46.9 Å². The highest BCUT2D eigenvalue weighted by molar-refractivity contribution is 7.92. The van der Waals surface area contributed by atoms with Gasteiger partial charge in [-0.1, -0.05) is 13.3 Å². The minimum Gasteiger partial charge on any atom is -0.494 e. The number of amides is 1. The largest absolute Gasteiger partial charge is 0.494 e. The Labute approximate surface area is 223 Å². The number of hydrogen-bond donors (Lipinski definition) is 1. The molecule has 0 atom stereocenters. The molecule has 9 nitrogen and oxygen atoms in total. The lowest BCUT2D eigenvalue weighted by molar-refractivity contribution is 0.0609. The Morgan fingerprint density at radius 2 is 1.74 bits per heavy atom. The zero-order valence-electron chi connectivity index (χ0n) is 22.6. The van der Waals surface area contributed by atoms with Gasteiger partial charge in [-0.15, -0.1) is 0 Å². The molecule has 206 valence electrons. The molecule has 0 radical (unpaired) electrons. The van der Waals surface area contributed by atoms with Crippen LogP contribution in [0.1, 0.15) is 68.6 Å². The summed E-state index contributed by atoms with van der Waals surface area (Å²) in [5.74, 6) is 0.862. The summed E-state index contributed by atoms with van der Waals surface area (Å²) in [6.45, 7) is 7.99. The maximum absolute atomic E-state index is 13.7. The van der Waals surface area contributed by atoms with Crippen molar-refractivity contribution in [1.82, 2.24) is 0 Å². The normalized spacial score (nSPS) is 11.9. The van der Waals surface area contributed by atoms with Crippen LogP contribution >= 0.6 is 0 Å². The van der Waals surface area contributed by atoms with Gasteiger partial charge < -0.3 is 19.6 Å². The van der Waals surface area contributed by atoms with Crippen LogP contribution in [0.25, 0.3) is 11.0 Å². The molecule has 3 rings (SSSR count). The van der Waals surface area contributed by atoms with E-state index in [4.69, 9.17) is 19.6 Å². The number of ketones is 1. The van der Waals surface area contributed by atoms with Crippen molar-refractivity contribution < 1.29 is 31.9 Å². The second-order valence-electron chi connectivity index (χ2n) is 10.0. The highest BCUT2D eigenvalue weighted by Crippen LogP contribution is 2.34. The Morgan fingerprint density at radius 1 is 1.05 bits per heavy atom. The lowest BCUT2D eigenvalue weighted by Gasteiger charge is -2.25. The molecule has 1 heterocycles. The Balaban J connectivity index is 2.09. The summed E-state index contributed by atoms with van der Waals surface area (Å²) in [4.78, 5) is 26.6. The molecule has 0 saturated heterocycles. The quantitative estimate of drug-likeness (QED) is 0.250. The molecule has 0 aliphatic rings. The molecule has 0 aliphatic carbocycles. The van der Waals surface area contributed by atoms with E-state index in [-0.39, 0.29) is 11.5 Å². The van der Waals surface area contributed by atoms with Crippen molar-refractivity contribution in [2.24, 2.45) is 5.73 Å². The van der Waals surface area contributed by atoms with Crippen molar-refractivity contribution in [3.05, 3.63) is 59.4 Å². The lowest BCUT2D eigenvalue weighted by Crippen LogP contribution is -2.40. The number of anilines is 1. The number of nitrogens with two attached hydrogens (primary N) is 1. The number of carbonyl (C=O) groups excluding carboxylic acids is 2. The summed E-state index contributed by atoms with van der Waals surface area (Å²) in [6, 6.07) is 11.3. The SMILES string of the molecule is CCCCc1oc2ccc(N(C(=O)OC(C)(C)C)S(C)(=O)=O)cc2c1C(=O)c1ccc(OCCCN)cc1. The van der Waals surface area contributed by atoms with Gasteiger partial charge in [0.2, 0.25) is 10.0 Å². The van der Waals surface area contributed by atoms with Crippen molar-refractivity contribution in [2.45, 2.75) is 59.0 Å². The Hall–Kier alpha value is -3.37. The van der Waals surface area contributed by atoms with Crippen LogP contribution in [0.3, 0.4) is 0 Å². The summed E-state index contributed by atoms with van der Waals surface area (Å²) in [5, 5.41) is 0.416. The van der Waals surface area contributed by atoms with Crippen LogP contribution < -0.4 is 14.8 Å². The van der Waals surface area contributed by atoms with E-state index in [2.05, 4.69) is 0 Å². The average Bonchev–Trinajstić information content (AvgIpc) is 3.18. The van der Waals surface area contributed by atoms with Crippen molar-refractivity contribution in [3.63, 3.8) is 0 Å². The van der Waals surface area contributed by atoms with Crippen LogP contribution in [-0.4, -0.2) is 45.3 Å². The number of furan rings is 1. The molecule has 1 aromatic heterocycles. The number of unbranched alkanes of at least 4 members (excludes halogenated alkanes) is 1. The number of rotatable bonds is 11. The van der Waals surface area contributed by atoms with E-state index in [9.17, 15) is 18.0 Å². The Morgan fingerprint density at radius 3 is 2.32 bits per heavy atom. The molecule has 0 saturated carbocycles. The third kappa shape index (κ3) is 7.14. The molecular formula is C28H36N2O7S. The van der Waals surface area contributed by atoms with Gasteiger partial charge in [0.25, 0.3) is 0 Å². The minimum atomic E-state index is -4.04. The van der Waals surface area contributed by atoms with Gasteiger partial charge in [0, 0.05) is 17.4 Å². The molecule has 0 unspecified atom stereocenters. The third-order valence-electron chi connectivity index (χ3n) is 5.59. The molecule has 3 aromatic rings. The fraction of sp³-hybridized carbons (Fsp3) is 0.429. The van der Waals surface area contributed by atoms with E-state index in [1.165, 1.54) is 12.1 Å². The summed E-state index contributed by atoms with van der Waals surface area (Å²) in [7, 11) is -4.04.